The van der Waals surface area contributed by atoms with Crippen LogP contribution in [0, 0.1) is 0 Å². The summed E-state index contributed by atoms with van der Waals surface area (Å²) in [5, 5.41) is 0.724. The Kier molecular flexibility index (Phi) is 7.23. The molecule has 0 spiro atoms. The van der Waals surface area contributed by atoms with E-state index in [0.717, 1.165) is 17.0 Å². The smallest absolute Gasteiger partial charge is 0.174 e. The summed E-state index contributed by atoms with van der Waals surface area (Å²) in [6.07, 6.45) is 0.374. The third-order valence-electron chi connectivity index (χ3n) is 2.57. The van der Waals surface area contributed by atoms with Gasteiger partial charge in [-0.3, -0.25) is 11.3 Å². The monoisotopic (exact) mass is 272 g/mol. The molecule has 5 heteroatoms. The van der Waals surface area contributed by atoms with E-state index in [0.29, 0.717) is 13.2 Å². The number of benzene rings is 1. The molecule has 1 rings (SSSR count). The van der Waals surface area contributed by atoms with E-state index >= 15 is 0 Å². The van der Waals surface area contributed by atoms with Crippen LogP contribution in [0.2, 0.25) is 5.02 Å². The van der Waals surface area contributed by atoms with Crippen LogP contribution in [0.25, 0.3) is 0 Å². The first-order valence-corrected chi connectivity index (χ1v) is 6.52. The van der Waals surface area contributed by atoms with Gasteiger partial charge in [0.1, 0.15) is 0 Å². The van der Waals surface area contributed by atoms with Gasteiger partial charge >= 0.3 is 0 Å². The Morgan fingerprint density at radius 1 is 1.17 bits per heavy atom. The fourth-order valence-corrected chi connectivity index (χ4v) is 1.84. The Morgan fingerprint density at radius 2 is 1.72 bits per heavy atom. The Balaban J connectivity index is 2.66. The zero-order valence-corrected chi connectivity index (χ0v) is 11.6. The second-order valence-corrected chi connectivity index (χ2v) is 4.32. The number of halogens is 1. The molecule has 0 aliphatic heterocycles. The van der Waals surface area contributed by atoms with Crippen LogP contribution in [0.3, 0.4) is 0 Å². The predicted molar refractivity (Wildman–Crippen MR) is 73.3 cm³/mol. The van der Waals surface area contributed by atoms with Crippen molar-refractivity contribution in [2.75, 3.05) is 13.2 Å². The number of nitrogens with one attached hydrogen (secondary N) is 1. The molecule has 102 valence electrons. The Bertz CT molecular complexity index is 326. The molecular formula is C13H21ClN2O2. The van der Waals surface area contributed by atoms with Gasteiger partial charge in [0.15, 0.2) is 6.29 Å². The van der Waals surface area contributed by atoms with Gasteiger partial charge in [-0.25, -0.2) is 0 Å². The molecule has 0 aliphatic carbocycles. The minimum Gasteiger partial charge on any atom is -0.351 e. The number of nitrogens with two attached hydrogens (primary N) is 1. The molecule has 0 amide bonds. The molecule has 18 heavy (non-hydrogen) atoms. The first-order valence-electron chi connectivity index (χ1n) is 6.15. The van der Waals surface area contributed by atoms with Crippen LogP contribution in [0.15, 0.2) is 24.3 Å². The summed E-state index contributed by atoms with van der Waals surface area (Å²) in [6, 6.07) is 7.58. The van der Waals surface area contributed by atoms with Crippen molar-refractivity contribution in [3.8, 4) is 0 Å². The molecular weight excluding hydrogens is 252 g/mol. The van der Waals surface area contributed by atoms with Crippen molar-refractivity contribution in [3.05, 3.63) is 34.9 Å². The van der Waals surface area contributed by atoms with Gasteiger partial charge in [0.05, 0.1) is 6.04 Å². The van der Waals surface area contributed by atoms with Gasteiger partial charge in [0, 0.05) is 18.2 Å². The Morgan fingerprint density at radius 3 is 2.17 bits per heavy atom. The van der Waals surface area contributed by atoms with Crippen LogP contribution >= 0.6 is 11.6 Å². The highest BCUT2D eigenvalue weighted by Gasteiger charge is 2.21. The fourth-order valence-electron chi connectivity index (χ4n) is 1.72. The molecule has 1 atom stereocenters. The molecule has 0 aliphatic rings. The highest BCUT2D eigenvalue weighted by molar-refractivity contribution is 6.30. The van der Waals surface area contributed by atoms with E-state index in [1.807, 2.05) is 38.1 Å². The summed E-state index contributed by atoms with van der Waals surface area (Å²) < 4.78 is 11.1. The van der Waals surface area contributed by atoms with Gasteiger partial charge in [0.2, 0.25) is 0 Å². The van der Waals surface area contributed by atoms with Crippen LogP contribution in [-0.2, 0) is 15.9 Å². The van der Waals surface area contributed by atoms with Crippen molar-refractivity contribution in [1.82, 2.24) is 5.43 Å². The molecule has 1 aromatic carbocycles. The molecule has 0 bridgehead atoms. The summed E-state index contributed by atoms with van der Waals surface area (Å²) in [5.41, 5.74) is 3.88. The standard InChI is InChI=1S/C13H21ClN2O2/c1-3-17-13(18-4-2)12(16-15)9-10-5-7-11(14)8-6-10/h5-8,12-13,16H,3-4,9,15H2,1-2H3. The van der Waals surface area contributed by atoms with Crippen LogP contribution in [0.5, 0.6) is 0 Å². The summed E-state index contributed by atoms with van der Waals surface area (Å²) in [4.78, 5) is 0. The highest BCUT2D eigenvalue weighted by Crippen LogP contribution is 2.13. The van der Waals surface area contributed by atoms with Crippen LogP contribution in [-0.4, -0.2) is 25.5 Å². The fraction of sp³-hybridized carbons (Fsp3) is 0.538. The molecule has 1 aromatic rings. The molecule has 3 N–H and O–H groups in total. The number of hydrogen-bond acceptors (Lipinski definition) is 4. The summed E-state index contributed by atoms with van der Waals surface area (Å²) >= 11 is 5.85. The molecule has 0 fully saturated rings. The van der Waals surface area contributed by atoms with Gasteiger partial charge in [-0.1, -0.05) is 23.7 Å². The minimum atomic E-state index is -0.347. The molecule has 4 nitrogen and oxygen atoms in total. The van der Waals surface area contributed by atoms with Crippen molar-refractivity contribution in [2.45, 2.75) is 32.6 Å². The second kappa shape index (κ2) is 8.45. The highest BCUT2D eigenvalue weighted by atomic mass is 35.5. The van der Waals surface area contributed by atoms with E-state index in [-0.39, 0.29) is 12.3 Å². The zero-order chi connectivity index (χ0) is 13.4. The Hall–Kier alpha value is -0.650. The maximum absolute atomic E-state index is 5.85. The normalized spacial score (nSPS) is 12.9. The molecule has 0 heterocycles. The van der Waals surface area contributed by atoms with Crippen molar-refractivity contribution in [1.29, 1.82) is 0 Å². The van der Waals surface area contributed by atoms with Crippen LogP contribution < -0.4 is 11.3 Å². The van der Waals surface area contributed by atoms with Gasteiger partial charge in [-0.05, 0) is 38.0 Å². The number of hydrazine groups is 1. The van der Waals surface area contributed by atoms with Crippen molar-refractivity contribution < 1.29 is 9.47 Å². The quantitative estimate of drug-likeness (QED) is 0.432. The predicted octanol–water partition coefficient (Wildman–Crippen LogP) is 2.11. The maximum atomic E-state index is 5.85. The van der Waals surface area contributed by atoms with Gasteiger partial charge in [0.25, 0.3) is 0 Å². The lowest BCUT2D eigenvalue weighted by Crippen LogP contribution is -2.48. The van der Waals surface area contributed by atoms with Gasteiger partial charge < -0.3 is 9.47 Å². The lowest BCUT2D eigenvalue weighted by atomic mass is 10.1. The first-order chi connectivity index (χ1) is 8.71. The average molecular weight is 273 g/mol. The topological polar surface area (TPSA) is 56.5 Å². The summed E-state index contributed by atoms with van der Waals surface area (Å²) in [5.74, 6) is 5.58. The zero-order valence-electron chi connectivity index (χ0n) is 10.9. The molecule has 0 saturated heterocycles. The largest absolute Gasteiger partial charge is 0.351 e. The van der Waals surface area contributed by atoms with Gasteiger partial charge in [-0.15, -0.1) is 0 Å². The molecule has 0 radical (unpaired) electrons. The third kappa shape index (κ3) is 4.92. The molecule has 0 saturated carbocycles. The number of hydrogen-bond donors (Lipinski definition) is 2. The van der Waals surface area contributed by atoms with Crippen molar-refractivity contribution in [2.24, 2.45) is 5.84 Å². The molecule has 0 aromatic heterocycles. The van der Waals surface area contributed by atoms with Crippen LogP contribution in [0.4, 0.5) is 0 Å². The Labute approximate surface area is 113 Å². The third-order valence-corrected chi connectivity index (χ3v) is 2.83. The minimum absolute atomic E-state index is 0.0916. The SMILES string of the molecule is CCOC(OCC)C(Cc1ccc(Cl)cc1)NN. The molecule has 1 unspecified atom stereocenters. The average Bonchev–Trinajstić information content (AvgIpc) is 2.38. The van der Waals surface area contributed by atoms with Crippen LogP contribution in [0.1, 0.15) is 19.4 Å². The lowest BCUT2D eigenvalue weighted by Gasteiger charge is -2.26. The first kappa shape index (κ1) is 15.4. The second-order valence-electron chi connectivity index (χ2n) is 3.88. The number of rotatable bonds is 8. The maximum Gasteiger partial charge on any atom is 0.174 e. The van der Waals surface area contributed by atoms with Gasteiger partial charge in [-0.2, -0.15) is 0 Å². The summed E-state index contributed by atoms with van der Waals surface area (Å²) in [7, 11) is 0. The summed E-state index contributed by atoms with van der Waals surface area (Å²) in [6.45, 7) is 5.04. The van der Waals surface area contributed by atoms with Crippen molar-refractivity contribution >= 4 is 11.6 Å². The van der Waals surface area contributed by atoms with E-state index in [2.05, 4.69) is 5.43 Å². The van der Waals surface area contributed by atoms with E-state index < -0.39 is 0 Å². The van der Waals surface area contributed by atoms with E-state index in [1.165, 1.54) is 0 Å². The van der Waals surface area contributed by atoms with E-state index in [9.17, 15) is 0 Å². The van der Waals surface area contributed by atoms with E-state index in [1.54, 1.807) is 0 Å². The van der Waals surface area contributed by atoms with E-state index in [4.69, 9.17) is 26.9 Å². The van der Waals surface area contributed by atoms with Crippen molar-refractivity contribution in [3.63, 3.8) is 0 Å². The lowest BCUT2D eigenvalue weighted by molar-refractivity contribution is -0.153. The number of ether oxygens (including phenoxy) is 2.